The van der Waals surface area contributed by atoms with Crippen molar-refractivity contribution in [3.63, 3.8) is 0 Å². The third-order valence-corrected chi connectivity index (χ3v) is 5.51. The van der Waals surface area contributed by atoms with E-state index in [4.69, 9.17) is 9.15 Å². The van der Waals surface area contributed by atoms with Crippen molar-refractivity contribution in [1.82, 2.24) is 19.1 Å². The molecule has 0 radical (unpaired) electrons. The number of aryl methyl sites for hydroxylation is 1. The zero-order valence-electron chi connectivity index (χ0n) is 16.0. The molecule has 0 aromatic carbocycles. The molecule has 3 aromatic heterocycles. The van der Waals surface area contributed by atoms with Crippen LogP contribution in [0.2, 0.25) is 0 Å². The molecule has 0 fully saturated rings. The molecule has 0 N–H and O–H groups in total. The number of rotatable bonds is 6. The first-order valence-electron chi connectivity index (χ1n) is 8.73. The van der Waals surface area contributed by atoms with E-state index in [2.05, 4.69) is 9.97 Å². The topological polar surface area (TPSA) is 109 Å². The fourth-order valence-electron chi connectivity index (χ4n) is 2.70. The molecule has 3 rings (SSSR count). The highest BCUT2D eigenvalue weighted by molar-refractivity contribution is 8.00. The van der Waals surface area contributed by atoms with Crippen molar-refractivity contribution in [1.29, 1.82) is 0 Å². The Morgan fingerprint density at radius 2 is 2.00 bits per heavy atom. The average molecular weight is 404 g/mol. The lowest BCUT2D eigenvalue weighted by atomic mass is 10.3. The van der Waals surface area contributed by atoms with Crippen LogP contribution in [-0.4, -0.2) is 36.9 Å². The normalized spacial score (nSPS) is 12.3. The Morgan fingerprint density at radius 1 is 1.25 bits per heavy atom. The summed E-state index contributed by atoms with van der Waals surface area (Å²) in [6, 6.07) is 3.36. The van der Waals surface area contributed by atoms with Crippen LogP contribution in [0.5, 0.6) is 0 Å². The second-order valence-corrected chi connectivity index (χ2v) is 7.19. The fraction of sp³-hybridized carbons (Fsp3) is 0.389. The minimum Gasteiger partial charge on any atom is -0.465 e. The molecule has 148 valence electrons. The van der Waals surface area contributed by atoms with Gasteiger partial charge in [0.05, 0.1) is 12.9 Å². The SMILES string of the molecule is CCOC(=O)C(CC)Sc1nc(-c2ccco2)nc2c1c(=O)n(C)c(=O)n2C. The number of nitrogens with zero attached hydrogens (tertiary/aromatic N) is 4. The highest BCUT2D eigenvalue weighted by Crippen LogP contribution is 2.30. The summed E-state index contributed by atoms with van der Waals surface area (Å²) in [5.41, 5.74) is -0.851. The van der Waals surface area contributed by atoms with Crippen LogP contribution in [0.3, 0.4) is 0 Å². The molecule has 0 bridgehead atoms. The lowest BCUT2D eigenvalue weighted by Crippen LogP contribution is -2.38. The third kappa shape index (κ3) is 3.47. The Bertz CT molecular complexity index is 1130. The van der Waals surface area contributed by atoms with E-state index >= 15 is 0 Å². The minimum atomic E-state index is -0.551. The first kappa shape index (κ1) is 19.9. The molecular formula is C18H20N4O5S. The van der Waals surface area contributed by atoms with Gasteiger partial charge in [-0.2, -0.15) is 0 Å². The van der Waals surface area contributed by atoms with Crippen molar-refractivity contribution in [2.45, 2.75) is 30.5 Å². The van der Waals surface area contributed by atoms with Crippen molar-refractivity contribution in [3.05, 3.63) is 39.2 Å². The molecule has 0 aliphatic heterocycles. The number of fused-ring (bicyclic) bond motifs is 1. The molecule has 0 saturated heterocycles. The van der Waals surface area contributed by atoms with Crippen LogP contribution in [0.25, 0.3) is 22.6 Å². The van der Waals surface area contributed by atoms with Gasteiger partial charge in [0, 0.05) is 14.1 Å². The molecule has 1 atom stereocenters. The summed E-state index contributed by atoms with van der Waals surface area (Å²) in [7, 11) is 2.92. The molecule has 0 saturated carbocycles. The largest absolute Gasteiger partial charge is 0.465 e. The maximum Gasteiger partial charge on any atom is 0.332 e. The van der Waals surface area contributed by atoms with Gasteiger partial charge in [0.15, 0.2) is 17.2 Å². The van der Waals surface area contributed by atoms with E-state index < -0.39 is 16.5 Å². The Morgan fingerprint density at radius 3 is 2.61 bits per heavy atom. The monoisotopic (exact) mass is 404 g/mol. The summed E-state index contributed by atoms with van der Waals surface area (Å²) in [4.78, 5) is 46.2. The Labute approximate surface area is 164 Å². The minimum absolute atomic E-state index is 0.174. The molecular weight excluding hydrogens is 384 g/mol. The lowest BCUT2D eigenvalue weighted by molar-refractivity contribution is -0.142. The van der Waals surface area contributed by atoms with Crippen molar-refractivity contribution in [3.8, 4) is 11.6 Å². The molecule has 10 heteroatoms. The second-order valence-electron chi connectivity index (χ2n) is 6.00. The van der Waals surface area contributed by atoms with Gasteiger partial charge in [0.2, 0.25) is 0 Å². The number of carbonyl (C=O) groups is 1. The maximum absolute atomic E-state index is 12.8. The number of hydrogen-bond acceptors (Lipinski definition) is 8. The van der Waals surface area contributed by atoms with Gasteiger partial charge in [0.1, 0.15) is 15.7 Å². The van der Waals surface area contributed by atoms with Crippen molar-refractivity contribution in [2.75, 3.05) is 6.61 Å². The van der Waals surface area contributed by atoms with Crippen molar-refractivity contribution < 1.29 is 13.9 Å². The van der Waals surface area contributed by atoms with Gasteiger partial charge in [-0.3, -0.25) is 18.7 Å². The Balaban J connectivity index is 2.28. The number of thioether (sulfide) groups is 1. The first-order chi connectivity index (χ1) is 13.4. The fourth-order valence-corrected chi connectivity index (χ4v) is 3.73. The predicted molar refractivity (Wildman–Crippen MR) is 104 cm³/mol. The molecule has 28 heavy (non-hydrogen) atoms. The Kier molecular flexibility index (Phi) is 5.68. The average Bonchev–Trinajstić information content (AvgIpc) is 3.23. The van der Waals surface area contributed by atoms with Gasteiger partial charge >= 0.3 is 11.7 Å². The highest BCUT2D eigenvalue weighted by Gasteiger charge is 2.25. The van der Waals surface area contributed by atoms with Crippen LogP contribution >= 0.6 is 11.8 Å². The first-order valence-corrected chi connectivity index (χ1v) is 9.61. The molecule has 0 spiro atoms. The van der Waals surface area contributed by atoms with Crippen LogP contribution in [0.1, 0.15) is 20.3 Å². The summed E-state index contributed by atoms with van der Waals surface area (Å²) >= 11 is 1.12. The zero-order chi connectivity index (χ0) is 20.4. The molecule has 0 amide bonds. The number of hydrogen-bond donors (Lipinski definition) is 0. The number of esters is 1. The smallest absolute Gasteiger partial charge is 0.332 e. The van der Waals surface area contributed by atoms with E-state index in [1.807, 2.05) is 6.92 Å². The molecule has 3 aromatic rings. The van der Waals surface area contributed by atoms with Gasteiger partial charge in [-0.1, -0.05) is 18.7 Å². The van der Waals surface area contributed by atoms with Crippen LogP contribution in [0.4, 0.5) is 0 Å². The summed E-state index contributed by atoms with van der Waals surface area (Å²) in [6.07, 6.45) is 1.96. The van der Waals surface area contributed by atoms with Crippen LogP contribution in [0.15, 0.2) is 37.4 Å². The van der Waals surface area contributed by atoms with E-state index in [9.17, 15) is 14.4 Å². The van der Waals surface area contributed by atoms with Gasteiger partial charge in [-0.25, -0.2) is 14.8 Å². The lowest BCUT2D eigenvalue weighted by Gasteiger charge is -2.15. The molecule has 0 aliphatic carbocycles. The second kappa shape index (κ2) is 8.01. The van der Waals surface area contributed by atoms with Gasteiger partial charge in [-0.15, -0.1) is 0 Å². The quantitative estimate of drug-likeness (QED) is 0.347. The molecule has 0 aliphatic rings. The van der Waals surface area contributed by atoms with Crippen LogP contribution in [0, 0.1) is 0 Å². The van der Waals surface area contributed by atoms with E-state index in [0.29, 0.717) is 17.2 Å². The van der Waals surface area contributed by atoms with Gasteiger partial charge in [0.25, 0.3) is 5.56 Å². The molecule has 1 unspecified atom stereocenters. The highest BCUT2D eigenvalue weighted by atomic mass is 32.2. The summed E-state index contributed by atoms with van der Waals surface area (Å²) in [5.74, 6) is 0.228. The van der Waals surface area contributed by atoms with Crippen LogP contribution < -0.4 is 11.2 Å². The third-order valence-electron chi connectivity index (χ3n) is 4.18. The number of ether oxygens (including phenoxy) is 1. The Hall–Kier alpha value is -2.88. The molecule has 3 heterocycles. The van der Waals surface area contributed by atoms with E-state index in [0.717, 1.165) is 16.3 Å². The van der Waals surface area contributed by atoms with E-state index in [1.54, 1.807) is 19.1 Å². The summed E-state index contributed by atoms with van der Waals surface area (Å²) < 4.78 is 12.8. The summed E-state index contributed by atoms with van der Waals surface area (Å²) in [5, 5.41) is -0.0791. The van der Waals surface area contributed by atoms with E-state index in [1.165, 1.54) is 24.9 Å². The van der Waals surface area contributed by atoms with Gasteiger partial charge in [-0.05, 0) is 25.5 Å². The molecule has 9 nitrogen and oxygen atoms in total. The van der Waals surface area contributed by atoms with E-state index in [-0.39, 0.29) is 29.4 Å². The van der Waals surface area contributed by atoms with Gasteiger partial charge < -0.3 is 9.15 Å². The van der Waals surface area contributed by atoms with Crippen LogP contribution in [-0.2, 0) is 23.6 Å². The maximum atomic E-state index is 12.8. The van der Waals surface area contributed by atoms with Crippen molar-refractivity contribution >= 4 is 28.8 Å². The summed E-state index contributed by atoms with van der Waals surface area (Å²) in [6.45, 7) is 3.84. The van der Waals surface area contributed by atoms with Crippen molar-refractivity contribution in [2.24, 2.45) is 14.1 Å². The number of aromatic nitrogens is 4. The predicted octanol–water partition coefficient (Wildman–Crippen LogP) is 1.72. The number of furan rings is 1. The number of carbonyl (C=O) groups excluding carboxylic acids is 1. The standard InChI is InChI=1S/C18H20N4O5S/c1-5-11(17(24)26-6-2)28-15-12-14(21(3)18(25)22(4)16(12)23)19-13(20-15)10-8-7-9-27-10/h7-9,11H,5-6H2,1-4H3. The zero-order valence-corrected chi connectivity index (χ0v) is 16.8.